The number of rotatable bonds is 6. The minimum atomic E-state index is -0.162. The highest BCUT2D eigenvalue weighted by molar-refractivity contribution is 5.92. The minimum absolute atomic E-state index is 0.162. The van der Waals surface area contributed by atoms with E-state index in [1.165, 1.54) is 12.8 Å². The van der Waals surface area contributed by atoms with Crippen LogP contribution in [-0.4, -0.2) is 42.2 Å². The predicted molar refractivity (Wildman–Crippen MR) is 103 cm³/mol. The number of fused-ring (bicyclic) bond motifs is 1. The third kappa shape index (κ3) is 3.36. The van der Waals surface area contributed by atoms with E-state index in [1.807, 2.05) is 36.5 Å². The molecule has 4 heterocycles. The largest absolute Gasteiger partial charge is 0.350 e. The summed E-state index contributed by atoms with van der Waals surface area (Å²) < 4.78 is 1.75. The Morgan fingerprint density at radius 1 is 1.21 bits per heavy atom. The van der Waals surface area contributed by atoms with Crippen molar-refractivity contribution < 1.29 is 4.79 Å². The van der Waals surface area contributed by atoms with Gasteiger partial charge in [0.15, 0.2) is 5.65 Å². The molecule has 0 saturated heterocycles. The molecule has 28 heavy (non-hydrogen) atoms. The fourth-order valence-corrected chi connectivity index (χ4v) is 3.19. The zero-order valence-electron chi connectivity index (χ0n) is 15.2. The number of carbonyl (C=O) groups is 1. The van der Waals surface area contributed by atoms with E-state index in [2.05, 4.69) is 30.6 Å². The van der Waals surface area contributed by atoms with Gasteiger partial charge in [-0.05, 0) is 37.1 Å². The lowest BCUT2D eigenvalue weighted by molar-refractivity contribution is 0.0949. The standard InChI is InChI=1S/C20H19N7O/c28-20(18-12-17(24-25-18)13-1-2-13)22-9-5-15-11-19-23-16(6-10-27(19)26-15)14-3-7-21-8-4-14/h3-4,6-8,10-13H,1-2,5,9H2,(H,22,28)(H,24,25). The molecule has 4 aromatic rings. The van der Waals surface area contributed by atoms with Crippen LogP contribution in [0.2, 0.25) is 0 Å². The van der Waals surface area contributed by atoms with Crippen molar-refractivity contribution in [1.29, 1.82) is 0 Å². The van der Waals surface area contributed by atoms with Crippen LogP contribution in [0, 0.1) is 0 Å². The molecule has 0 radical (unpaired) electrons. The van der Waals surface area contributed by atoms with Crippen LogP contribution in [-0.2, 0) is 6.42 Å². The van der Waals surface area contributed by atoms with Gasteiger partial charge in [0.1, 0.15) is 5.69 Å². The third-order valence-corrected chi connectivity index (χ3v) is 4.87. The minimum Gasteiger partial charge on any atom is -0.350 e. The Morgan fingerprint density at radius 2 is 2.07 bits per heavy atom. The molecule has 1 aliphatic rings. The number of nitrogens with one attached hydrogen (secondary N) is 2. The second-order valence-electron chi connectivity index (χ2n) is 6.98. The summed E-state index contributed by atoms with van der Waals surface area (Å²) in [4.78, 5) is 20.9. The molecule has 0 unspecified atom stereocenters. The summed E-state index contributed by atoms with van der Waals surface area (Å²) in [5.74, 6) is 0.390. The molecule has 0 aromatic carbocycles. The number of carbonyl (C=O) groups excluding carboxylic acids is 1. The fraction of sp³-hybridized carbons (Fsp3) is 0.250. The molecule has 1 amide bonds. The van der Waals surface area contributed by atoms with Crippen LogP contribution in [0.15, 0.2) is 48.9 Å². The number of aromatic amines is 1. The highest BCUT2D eigenvalue weighted by atomic mass is 16.1. The van der Waals surface area contributed by atoms with E-state index >= 15 is 0 Å². The second kappa shape index (κ2) is 6.88. The summed E-state index contributed by atoms with van der Waals surface area (Å²) in [6, 6.07) is 9.57. The molecule has 0 spiro atoms. The fourth-order valence-electron chi connectivity index (χ4n) is 3.19. The van der Waals surface area contributed by atoms with Crippen molar-refractivity contribution in [3.8, 4) is 11.3 Å². The van der Waals surface area contributed by atoms with Gasteiger partial charge in [0.25, 0.3) is 5.91 Å². The average Bonchev–Trinajstić information content (AvgIpc) is 3.31. The van der Waals surface area contributed by atoms with Gasteiger partial charge in [0.05, 0.1) is 11.4 Å². The summed E-state index contributed by atoms with van der Waals surface area (Å²) in [6.45, 7) is 0.492. The van der Waals surface area contributed by atoms with E-state index < -0.39 is 0 Å². The van der Waals surface area contributed by atoms with Crippen molar-refractivity contribution in [3.05, 3.63) is 66.0 Å². The molecule has 1 fully saturated rings. The molecule has 140 valence electrons. The summed E-state index contributed by atoms with van der Waals surface area (Å²) in [5.41, 5.74) is 5.04. The maximum absolute atomic E-state index is 12.2. The Kier molecular flexibility index (Phi) is 4.08. The highest BCUT2D eigenvalue weighted by Crippen LogP contribution is 2.38. The van der Waals surface area contributed by atoms with Gasteiger partial charge < -0.3 is 5.32 Å². The molecular formula is C20H19N7O. The van der Waals surface area contributed by atoms with Crippen molar-refractivity contribution >= 4 is 11.6 Å². The number of nitrogens with zero attached hydrogens (tertiary/aromatic N) is 5. The van der Waals surface area contributed by atoms with E-state index in [-0.39, 0.29) is 5.91 Å². The average molecular weight is 373 g/mol. The zero-order valence-corrected chi connectivity index (χ0v) is 15.2. The maximum Gasteiger partial charge on any atom is 0.271 e. The van der Waals surface area contributed by atoms with Gasteiger partial charge in [-0.3, -0.25) is 14.9 Å². The van der Waals surface area contributed by atoms with E-state index in [0.717, 1.165) is 28.3 Å². The Balaban J connectivity index is 1.23. The van der Waals surface area contributed by atoms with Crippen LogP contribution in [0.3, 0.4) is 0 Å². The quantitative estimate of drug-likeness (QED) is 0.540. The van der Waals surface area contributed by atoms with Gasteiger partial charge in [0, 0.05) is 54.8 Å². The van der Waals surface area contributed by atoms with Crippen molar-refractivity contribution in [3.63, 3.8) is 0 Å². The van der Waals surface area contributed by atoms with Gasteiger partial charge >= 0.3 is 0 Å². The highest BCUT2D eigenvalue weighted by Gasteiger charge is 2.26. The molecule has 1 saturated carbocycles. The summed E-state index contributed by atoms with van der Waals surface area (Å²) in [5, 5.41) is 14.5. The third-order valence-electron chi connectivity index (χ3n) is 4.87. The van der Waals surface area contributed by atoms with E-state index in [9.17, 15) is 4.79 Å². The van der Waals surface area contributed by atoms with Gasteiger partial charge in [-0.1, -0.05) is 0 Å². The Labute approximate surface area is 161 Å². The first-order valence-electron chi connectivity index (χ1n) is 9.35. The van der Waals surface area contributed by atoms with Crippen LogP contribution in [0.5, 0.6) is 0 Å². The maximum atomic E-state index is 12.2. The Hall–Kier alpha value is -3.55. The number of amides is 1. The van der Waals surface area contributed by atoms with Gasteiger partial charge in [-0.2, -0.15) is 10.2 Å². The normalized spacial score (nSPS) is 13.7. The SMILES string of the molecule is O=C(NCCc1cc2nc(-c3ccncc3)ccn2n1)c1cc(C2CC2)[nH]n1. The molecule has 8 nitrogen and oxygen atoms in total. The second-order valence-corrected chi connectivity index (χ2v) is 6.98. The first-order chi connectivity index (χ1) is 13.8. The Bertz CT molecular complexity index is 1130. The number of H-pyrrole nitrogens is 1. The first kappa shape index (κ1) is 16.6. The van der Waals surface area contributed by atoms with E-state index in [1.54, 1.807) is 16.9 Å². The molecule has 5 rings (SSSR count). The lowest BCUT2D eigenvalue weighted by atomic mass is 10.2. The van der Waals surface area contributed by atoms with Crippen molar-refractivity contribution in [1.82, 2.24) is 35.1 Å². The number of aromatic nitrogens is 6. The molecule has 0 bridgehead atoms. The molecule has 8 heteroatoms. The molecule has 1 aliphatic carbocycles. The lowest BCUT2D eigenvalue weighted by Gasteiger charge is -2.00. The van der Waals surface area contributed by atoms with E-state index in [0.29, 0.717) is 24.6 Å². The Morgan fingerprint density at radius 3 is 2.89 bits per heavy atom. The van der Waals surface area contributed by atoms with Crippen molar-refractivity contribution in [2.24, 2.45) is 0 Å². The van der Waals surface area contributed by atoms with Crippen LogP contribution in [0.4, 0.5) is 0 Å². The molecular weight excluding hydrogens is 354 g/mol. The summed E-state index contributed by atoms with van der Waals surface area (Å²) in [6.07, 6.45) is 8.36. The monoisotopic (exact) mass is 373 g/mol. The predicted octanol–water partition coefficient (Wildman–Crippen LogP) is 2.36. The van der Waals surface area contributed by atoms with Crippen molar-refractivity contribution in [2.75, 3.05) is 6.54 Å². The number of hydrogen-bond donors (Lipinski definition) is 2. The molecule has 0 atom stereocenters. The smallest absolute Gasteiger partial charge is 0.271 e. The van der Waals surface area contributed by atoms with Gasteiger partial charge in [0.2, 0.25) is 0 Å². The van der Waals surface area contributed by atoms with Crippen LogP contribution < -0.4 is 5.32 Å². The van der Waals surface area contributed by atoms with Crippen LogP contribution in [0.1, 0.15) is 40.6 Å². The zero-order chi connectivity index (χ0) is 18.9. The number of hydrogen-bond acceptors (Lipinski definition) is 5. The molecule has 0 aliphatic heterocycles. The lowest BCUT2D eigenvalue weighted by Crippen LogP contribution is -2.26. The topological polar surface area (TPSA) is 101 Å². The van der Waals surface area contributed by atoms with Gasteiger partial charge in [-0.15, -0.1) is 0 Å². The summed E-state index contributed by atoms with van der Waals surface area (Å²) >= 11 is 0. The van der Waals surface area contributed by atoms with Crippen LogP contribution >= 0.6 is 0 Å². The number of pyridine rings is 1. The van der Waals surface area contributed by atoms with Gasteiger partial charge in [-0.25, -0.2) is 9.50 Å². The van der Waals surface area contributed by atoms with Crippen molar-refractivity contribution in [2.45, 2.75) is 25.2 Å². The molecule has 2 N–H and O–H groups in total. The van der Waals surface area contributed by atoms with Crippen LogP contribution in [0.25, 0.3) is 16.9 Å². The summed E-state index contributed by atoms with van der Waals surface area (Å²) in [7, 11) is 0. The molecule has 4 aromatic heterocycles. The van der Waals surface area contributed by atoms with E-state index in [4.69, 9.17) is 0 Å². The first-order valence-corrected chi connectivity index (χ1v) is 9.35.